The first-order chi connectivity index (χ1) is 20.4. The quantitative estimate of drug-likeness (QED) is 0.190. The summed E-state index contributed by atoms with van der Waals surface area (Å²) in [4.78, 5) is 27.1. The molecule has 0 saturated carbocycles. The monoisotopic (exact) mass is 635 g/mol. The zero-order valence-corrected chi connectivity index (χ0v) is 26.1. The van der Waals surface area contributed by atoms with E-state index in [-0.39, 0.29) is 50.6 Å². The maximum absolute atomic E-state index is 13.6. The van der Waals surface area contributed by atoms with Gasteiger partial charge in [0.2, 0.25) is 5.60 Å². The number of aliphatic hydroxyl groups is 1. The van der Waals surface area contributed by atoms with Crippen molar-refractivity contribution in [2.45, 2.75) is 31.6 Å². The van der Waals surface area contributed by atoms with Crippen molar-refractivity contribution < 1.29 is 29.3 Å². The van der Waals surface area contributed by atoms with Gasteiger partial charge in [0.15, 0.2) is 0 Å². The molecule has 1 fully saturated rings. The lowest BCUT2D eigenvalue weighted by molar-refractivity contribution is -0.164. The Kier molecular flexibility index (Phi) is 12.8. The summed E-state index contributed by atoms with van der Waals surface area (Å²) in [6, 6.07) is 32.4. The largest absolute Gasteiger partial charge is 0.489 e. The van der Waals surface area contributed by atoms with Crippen LogP contribution in [-0.4, -0.2) is 46.7 Å². The molecule has 1 aliphatic rings. The van der Waals surface area contributed by atoms with Crippen molar-refractivity contribution in [2.24, 2.45) is 5.92 Å². The van der Waals surface area contributed by atoms with E-state index in [9.17, 15) is 14.7 Å². The molecule has 0 spiro atoms. The molecule has 232 valence electrons. The van der Waals surface area contributed by atoms with Crippen molar-refractivity contribution in [3.63, 3.8) is 0 Å². The third-order valence-corrected chi connectivity index (χ3v) is 7.75. The van der Waals surface area contributed by atoms with Gasteiger partial charge in [0.25, 0.3) is 0 Å². The van der Waals surface area contributed by atoms with Gasteiger partial charge in [-0.05, 0) is 72.8 Å². The van der Waals surface area contributed by atoms with Gasteiger partial charge in [-0.1, -0.05) is 84.9 Å². The van der Waals surface area contributed by atoms with Crippen LogP contribution < -0.4 is 4.74 Å². The number of carbonyl (C=O) groups is 2. The van der Waals surface area contributed by atoms with E-state index in [0.717, 1.165) is 38.0 Å². The van der Waals surface area contributed by atoms with E-state index >= 15 is 0 Å². The Morgan fingerprint density at radius 1 is 0.795 bits per heavy atom. The fourth-order valence-electron chi connectivity index (χ4n) is 5.25. The van der Waals surface area contributed by atoms with Crippen molar-refractivity contribution in [1.82, 2.24) is 4.90 Å². The number of likely N-dealkylation sites (tertiary alicyclic amines) is 1. The third-order valence-electron chi connectivity index (χ3n) is 7.75. The van der Waals surface area contributed by atoms with Crippen molar-refractivity contribution in [3.8, 4) is 5.75 Å². The van der Waals surface area contributed by atoms with Crippen LogP contribution in [0.5, 0.6) is 5.75 Å². The van der Waals surface area contributed by atoms with Crippen LogP contribution in [0.1, 0.15) is 45.5 Å². The van der Waals surface area contributed by atoms with Crippen LogP contribution in [0.15, 0.2) is 109 Å². The van der Waals surface area contributed by atoms with Gasteiger partial charge in [0.05, 0.1) is 12.2 Å². The Bertz CT molecular complexity index is 1480. The van der Waals surface area contributed by atoms with Crippen molar-refractivity contribution in [3.05, 3.63) is 137 Å². The predicted octanol–water partition coefficient (Wildman–Crippen LogP) is 6.19. The molecule has 1 saturated heterocycles. The van der Waals surface area contributed by atoms with Gasteiger partial charge in [-0.3, -0.25) is 4.90 Å². The normalized spacial score (nSPS) is 14.8. The number of rotatable bonds is 11. The van der Waals surface area contributed by atoms with Gasteiger partial charge in [0, 0.05) is 12.1 Å². The molecule has 5 rings (SSSR count). The van der Waals surface area contributed by atoms with Crippen molar-refractivity contribution >= 4 is 37.8 Å². The number of carboxylic acid groups (broad SMARTS) is 1. The molecule has 44 heavy (non-hydrogen) atoms. The number of piperidine rings is 1. The van der Waals surface area contributed by atoms with E-state index in [1.165, 1.54) is 17.7 Å². The predicted molar refractivity (Wildman–Crippen MR) is 177 cm³/mol. The van der Waals surface area contributed by atoms with Crippen LogP contribution in [0.4, 0.5) is 0 Å². The van der Waals surface area contributed by atoms with E-state index < -0.39 is 17.5 Å². The molecule has 0 radical (unpaired) electrons. The summed E-state index contributed by atoms with van der Waals surface area (Å²) in [5, 5.41) is 21.1. The van der Waals surface area contributed by atoms with Gasteiger partial charge in [0.1, 0.15) is 12.4 Å². The van der Waals surface area contributed by atoms with Gasteiger partial charge >= 0.3 is 11.9 Å². The fraction of sp³-hybridized carbons (Fsp3) is 0.257. The average molecular weight is 636 g/mol. The van der Waals surface area contributed by atoms with E-state index in [4.69, 9.17) is 14.6 Å². The van der Waals surface area contributed by atoms with Crippen LogP contribution in [0, 0.1) is 5.92 Å². The summed E-state index contributed by atoms with van der Waals surface area (Å²) in [6.07, 6.45) is 1.83. The summed E-state index contributed by atoms with van der Waals surface area (Å²) < 4.78 is 11.7. The summed E-state index contributed by atoms with van der Waals surface area (Å²) in [7, 11) is 0. The second-order valence-corrected chi connectivity index (χ2v) is 10.7. The highest BCUT2D eigenvalue weighted by atomic mass is 35.5. The fourth-order valence-corrected chi connectivity index (χ4v) is 5.25. The minimum absolute atomic E-state index is 0. The zero-order valence-electron chi connectivity index (χ0n) is 24.3. The maximum atomic E-state index is 13.6. The van der Waals surface area contributed by atoms with Crippen LogP contribution in [0.3, 0.4) is 0 Å². The minimum Gasteiger partial charge on any atom is -0.489 e. The number of ether oxygens (including phenoxy) is 2. The average Bonchev–Trinajstić information content (AvgIpc) is 3.04. The third kappa shape index (κ3) is 8.64. The number of hydrogen-bond donors (Lipinski definition) is 2. The summed E-state index contributed by atoms with van der Waals surface area (Å²) in [5.74, 6) is -1.02. The molecule has 0 unspecified atom stereocenters. The molecule has 0 aliphatic carbocycles. The molecule has 0 bridgehead atoms. The highest BCUT2D eigenvalue weighted by Crippen LogP contribution is 2.34. The summed E-state index contributed by atoms with van der Waals surface area (Å²) in [5.41, 5.74) is 1.02. The first-order valence-electron chi connectivity index (χ1n) is 14.2. The Balaban J connectivity index is 0.00000264. The SMILES string of the molecule is Cl.O=C(O)c1ccc(COc2cccc([C@](O)(C(=O)OCC3CCN(Cc4ccccc4)CC3)c3ccccc3)c2)cc1.S. The molecule has 9 heteroatoms. The van der Waals surface area contributed by atoms with Crippen LogP contribution in [0.2, 0.25) is 0 Å². The summed E-state index contributed by atoms with van der Waals surface area (Å²) in [6.45, 7) is 3.21. The second kappa shape index (κ2) is 16.3. The smallest absolute Gasteiger partial charge is 0.347 e. The first-order valence-corrected chi connectivity index (χ1v) is 14.2. The van der Waals surface area contributed by atoms with Crippen LogP contribution in [0.25, 0.3) is 0 Å². The number of carbonyl (C=O) groups excluding carboxylic acids is 1. The molecular weight excluding hydrogens is 598 g/mol. The van der Waals surface area contributed by atoms with Crippen LogP contribution in [-0.2, 0) is 28.3 Å². The standard InChI is InChI=1S/C35H35NO6.ClH.H2S/c37-33(38)29-16-14-27(15-17-29)24-41-32-13-7-12-31(22-32)35(40,30-10-5-2-6-11-30)34(39)42-25-28-18-20-36(21-19-28)23-26-8-3-1-4-9-26;;/h1-17,22,28,40H,18-21,23-25H2,(H,37,38);1H;1H2/t35-;;/m0../s1. The van der Waals surface area contributed by atoms with E-state index in [1.54, 1.807) is 60.7 Å². The van der Waals surface area contributed by atoms with E-state index in [2.05, 4.69) is 29.2 Å². The van der Waals surface area contributed by atoms with Gasteiger partial charge in [-0.15, -0.1) is 12.4 Å². The molecule has 1 aliphatic heterocycles. The Morgan fingerprint density at radius 3 is 2.05 bits per heavy atom. The number of benzene rings is 4. The minimum atomic E-state index is -2.02. The van der Waals surface area contributed by atoms with Crippen LogP contribution >= 0.6 is 25.9 Å². The number of hydrogen-bond acceptors (Lipinski definition) is 6. The molecule has 2 N–H and O–H groups in total. The molecule has 1 atom stereocenters. The van der Waals surface area contributed by atoms with E-state index in [0.29, 0.717) is 16.9 Å². The highest BCUT2D eigenvalue weighted by molar-refractivity contribution is 7.59. The Morgan fingerprint density at radius 2 is 1.41 bits per heavy atom. The number of carboxylic acids is 1. The zero-order chi connectivity index (χ0) is 29.4. The second-order valence-electron chi connectivity index (χ2n) is 10.7. The van der Waals surface area contributed by atoms with Gasteiger partial charge in [-0.25, -0.2) is 9.59 Å². The van der Waals surface area contributed by atoms with E-state index in [1.807, 2.05) is 12.1 Å². The number of halogens is 1. The molecular formula is C35H38ClNO6S. The topological polar surface area (TPSA) is 96.3 Å². The van der Waals surface area contributed by atoms with Crippen molar-refractivity contribution in [1.29, 1.82) is 0 Å². The Labute approximate surface area is 271 Å². The lowest BCUT2D eigenvalue weighted by Gasteiger charge is -2.33. The first kappa shape index (κ1) is 34.7. The number of aromatic carboxylic acids is 1. The Hall–Kier alpha value is -3.82. The molecule has 0 aromatic heterocycles. The molecule has 0 amide bonds. The van der Waals surface area contributed by atoms with Gasteiger partial charge in [-0.2, -0.15) is 13.5 Å². The van der Waals surface area contributed by atoms with Gasteiger partial charge < -0.3 is 19.7 Å². The molecule has 7 nitrogen and oxygen atoms in total. The lowest BCUT2D eigenvalue weighted by atomic mass is 9.86. The number of esters is 1. The molecule has 4 aromatic rings. The summed E-state index contributed by atoms with van der Waals surface area (Å²) >= 11 is 0. The number of nitrogens with zero attached hydrogens (tertiary/aromatic N) is 1. The molecule has 1 heterocycles. The highest BCUT2D eigenvalue weighted by Gasteiger charge is 2.42. The molecule has 4 aromatic carbocycles. The maximum Gasteiger partial charge on any atom is 0.347 e. The lowest BCUT2D eigenvalue weighted by Crippen LogP contribution is -2.40. The van der Waals surface area contributed by atoms with Crippen molar-refractivity contribution in [2.75, 3.05) is 19.7 Å².